The molecule has 3 rings (SSSR count). The number of rotatable bonds is 11. The van der Waals surface area contributed by atoms with E-state index in [9.17, 15) is 17.6 Å². The van der Waals surface area contributed by atoms with E-state index in [-0.39, 0.29) is 19.6 Å². The van der Waals surface area contributed by atoms with E-state index in [0.717, 1.165) is 17.7 Å². The molecule has 33 heavy (non-hydrogen) atoms. The lowest BCUT2D eigenvalue weighted by molar-refractivity contribution is -0.122. The summed E-state index contributed by atoms with van der Waals surface area (Å²) in [5.41, 5.74) is 0.753. The maximum absolute atomic E-state index is 14.1. The number of sulfonamides is 1. The average Bonchev–Trinajstić information content (AvgIpc) is 2.82. The number of benzene rings is 3. The van der Waals surface area contributed by atoms with Crippen LogP contribution < -0.4 is 19.5 Å². The van der Waals surface area contributed by atoms with Crippen LogP contribution in [-0.2, 0) is 21.2 Å². The summed E-state index contributed by atoms with van der Waals surface area (Å²) < 4.78 is 52.6. The van der Waals surface area contributed by atoms with Crippen LogP contribution in [-0.4, -0.2) is 40.6 Å². The molecule has 2 N–H and O–H groups in total. The Hall–Kier alpha value is -3.43. The number of ether oxygens (including phenoxy) is 2. The number of hydrogen-bond donors (Lipinski definition) is 2. The van der Waals surface area contributed by atoms with Gasteiger partial charge in [-0.05, 0) is 48.4 Å². The second-order valence-electron chi connectivity index (χ2n) is 7.11. The monoisotopic (exact) mass is 472 g/mol. The number of carbonyl (C=O) groups excluding carboxylic acids is 1. The Labute approximate surface area is 192 Å². The summed E-state index contributed by atoms with van der Waals surface area (Å²) in [4.78, 5) is 12.3. The van der Waals surface area contributed by atoms with Crippen molar-refractivity contribution in [2.24, 2.45) is 0 Å². The van der Waals surface area contributed by atoms with E-state index in [1.807, 2.05) is 6.07 Å². The zero-order valence-corrected chi connectivity index (χ0v) is 18.8. The molecule has 0 aliphatic rings. The molecule has 0 saturated heterocycles. The molecule has 3 aromatic rings. The molecule has 9 heteroatoms. The smallest absolute Gasteiger partial charge is 0.244 e. The molecule has 1 atom stereocenters. The van der Waals surface area contributed by atoms with Crippen LogP contribution in [0.25, 0.3) is 0 Å². The normalized spacial score (nSPS) is 12.1. The largest absolute Gasteiger partial charge is 0.497 e. The lowest BCUT2D eigenvalue weighted by Crippen LogP contribution is -2.48. The van der Waals surface area contributed by atoms with Crippen molar-refractivity contribution < 1.29 is 27.1 Å². The third kappa shape index (κ3) is 7.03. The third-order valence-electron chi connectivity index (χ3n) is 4.75. The molecule has 0 aromatic heterocycles. The zero-order chi connectivity index (χ0) is 23.7. The molecular weight excluding hydrogens is 447 g/mol. The summed E-state index contributed by atoms with van der Waals surface area (Å²) in [6, 6.07) is 19.8. The van der Waals surface area contributed by atoms with Gasteiger partial charge >= 0.3 is 0 Å². The van der Waals surface area contributed by atoms with Crippen LogP contribution in [0.1, 0.15) is 5.56 Å². The van der Waals surface area contributed by atoms with Crippen molar-refractivity contribution in [1.29, 1.82) is 0 Å². The highest BCUT2D eigenvalue weighted by Gasteiger charge is 2.27. The molecule has 0 aliphatic carbocycles. The summed E-state index contributed by atoms with van der Waals surface area (Å²) in [6.07, 6.45) is 0.0969. The number of nitrogens with one attached hydrogen (secondary N) is 2. The SMILES string of the molecule is COc1ccc(OCCNC(=O)[C@H](Cc2ccccc2)NS(=O)(=O)c2ccccc2F)cc1. The molecule has 0 bridgehead atoms. The molecule has 0 aliphatic heterocycles. The topological polar surface area (TPSA) is 93.7 Å². The molecule has 0 spiro atoms. The van der Waals surface area contributed by atoms with Crippen molar-refractivity contribution in [2.75, 3.05) is 20.3 Å². The van der Waals surface area contributed by atoms with E-state index >= 15 is 0 Å². The van der Waals surface area contributed by atoms with Crippen LogP contribution in [0, 0.1) is 5.82 Å². The van der Waals surface area contributed by atoms with Crippen molar-refractivity contribution in [3.05, 3.63) is 90.2 Å². The Morgan fingerprint density at radius 2 is 1.58 bits per heavy atom. The molecule has 0 radical (unpaired) electrons. The number of amides is 1. The number of halogens is 1. The molecule has 0 fully saturated rings. The first kappa shape index (κ1) is 24.2. The Balaban J connectivity index is 1.65. The standard InChI is InChI=1S/C24H25FN2O5S/c1-31-19-11-13-20(14-12-19)32-16-15-26-24(28)22(17-18-7-3-2-4-8-18)27-33(29,30)23-10-6-5-9-21(23)25/h2-14,22,27H,15-17H2,1H3,(H,26,28)/t22-/m0/s1. The Kier molecular flexibility index (Phi) is 8.39. The molecular formula is C24H25FN2O5S. The summed E-state index contributed by atoms with van der Waals surface area (Å²) in [7, 11) is -2.70. The predicted molar refractivity (Wildman–Crippen MR) is 122 cm³/mol. The van der Waals surface area contributed by atoms with Gasteiger partial charge in [0, 0.05) is 0 Å². The lowest BCUT2D eigenvalue weighted by atomic mass is 10.1. The molecule has 0 saturated carbocycles. The van der Waals surface area contributed by atoms with Gasteiger partial charge in [0.25, 0.3) is 0 Å². The van der Waals surface area contributed by atoms with Gasteiger partial charge < -0.3 is 14.8 Å². The third-order valence-corrected chi connectivity index (χ3v) is 6.26. The molecule has 0 heterocycles. The highest BCUT2D eigenvalue weighted by molar-refractivity contribution is 7.89. The maximum Gasteiger partial charge on any atom is 0.244 e. The van der Waals surface area contributed by atoms with Crippen molar-refractivity contribution in [3.63, 3.8) is 0 Å². The second-order valence-corrected chi connectivity index (χ2v) is 8.79. The van der Waals surface area contributed by atoms with E-state index in [1.54, 1.807) is 55.6 Å². The fourth-order valence-corrected chi connectivity index (χ4v) is 4.36. The Morgan fingerprint density at radius 3 is 2.24 bits per heavy atom. The van der Waals surface area contributed by atoms with Crippen LogP contribution in [0.15, 0.2) is 83.8 Å². The van der Waals surface area contributed by atoms with Gasteiger partial charge in [-0.2, -0.15) is 4.72 Å². The number of methoxy groups -OCH3 is 1. The van der Waals surface area contributed by atoms with E-state index < -0.39 is 32.7 Å². The van der Waals surface area contributed by atoms with E-state index in [0.29, 0.717) is 11.5 Å². The van der Waals surface area contributed by atoms with Gasteiger partial charge in [-0.1, -0.05) is 42.5 Å². The van der Waals surface area contributed by atoms with Crippen molar-refractivity contribution in [1.82, 2.24) is 10.0 Å². The number of carbonyl (C=O) groups is 1. The van der Waals surface area contributed by atoms with Crippen LogP contribution in [0.3, 0.4) is 0 Å². The first-order valence-electron chi connectivity index (χ1n) is 10.2. The fourth-order valence-electron chi connectivity index (χ4n) is 3.09. The van der Waals surface area contributed by atoms with Gasteiger partial charge in [-0.3, -0.25) is 4.79 Å². The van der Waals surface area contributed by atoms with Crippen molar-refractivity contribution >= 4 is 15.9 Å². The highest BCUT2D eigenvalue weighted by Crippen LogP contribution is 2.17. The Bertz CT molecular complexity index is 1150. The van der Waals surface area contributed by atoms with Crippen LogP contribution in [0.4, 0.5) is 4.39 Å². The quantitative estimate of drug-likeness (QED) is 0.419. The highest BCUT2D eigenvalue weighted by atomic mass is 32.2. The first-order valence-corrected chi connectivity index (χ1v) is 11.7. The Morgan fingerprint density at radius 1 is 0.939 bits per heavy atom. The minimum atomic E-state index is -4.26. The minimum Gasteiger partial charge on any atom is -0.497 e. The van der Waals surface area contributed by atoms with E-state index in [2.05, 4.69) is 10.0 Å². The zero-order valence-electron chi connectivity index (χ0n) is 18.0. The molecule has 174 valence electrons. The van der Waals surface area contributed by atoms with Gasteiger partial charge in [0.05, 0.1) is 13.7 Å². The van der Waals surface area contributed by atoms with Gasteiger partial charge in [0.1, 0.15) is 34.9 Å². The maximum atomic E-state index is 14.1. The fraction of sp³-hybridized carbons (Fsp3) is 0.208. The van der Waals surface area contributed by atoms with E-state index in [1.165, 1.54) is 12.1 Å². The second kappa shape index (κ2) is 11.4. The van der Waals surface area contributed by atoms with Crippen molar-refractivity contribution in [2.45, 2.75) is 17.4 Å². The van der Waals surface area contributed by atoms with Crippen molar-refractivity contribution in [3.8, 4) is 11.5 Å². The first-order chi connectivity index (χ1) is 15.9. The summed E-state index contributed by atoms with van der Waals surface area (Å²) in [5.74, 6) is -0.137. The molecule has 7 nitrogen and oxygen atoms in total. The van der Waals surface area contributed by atoms with E-state index in [4.69, 9.17) is 9.47 Å². The summed E-state index contributed by atoms with van der Waals surface area (Å²) >= 11 is 0. The van der Waals surface area contributed by atoms with Gasteiger partial charge in [-0.25, -0.2) is 12.8 Å². The summed E-state index contributed by atoms with van der Waals surface area (Å²) in [5, 5.41) is 2.68. The predicted octanol–water partition coefficient (Wildman–Crippen LogP) is 2.92. The molecule has 1 amide bonds. The van der Waals surface area contributed by atoms with Gasteiger partial charge in [0.15, 0.2) is 0 Å². The number of hydrogen-bond acceptors (Lipinski definition) is 5. The minimum absolute atomic E-state index is 0.0969. The van der Waals surface area contributed by atoms with Crippen LogP contribution >= 0.6 is 0 Å². The van der Waals surface area contributed by atoms with Gasteiger partial charge in [0.2, 0.25) is 15.9 Å². The average molecular weight is 473 g/mol. The molecule has 0 unspecified atom stereocenters. The van der Waals surface area contributed by atoms with Crippen LogP contribution in [0.2, 0.25) is 0 Å². The summed E-state index contributed by atoms with van der Waals surface area (Å²) in [6.45, 7) is 0.327. The molecule has 3 aromatic carbocycles. The lowest BCUT2D eigenvalue weighted by Gasteiger charge is -2.19. The van der Waals surface area contributed by atoms with Gasteiger partial charge in [-0.15, -0.1) is 0 Å². The van der Waals surface area contributed by atoms with Crippen LogP contribution in [0.5, 0.6) is 11.5 Å².